The number of aryl methyl sites for hydroxylation is 3. The largest absolute Gasteiger partial charge is 0.119 e. The van der Waals surface area contributed by atoms with E-state index in [1.807, 2.05) is 13.8 Å². The maximum Gasteiger partial charge on any atom is 0.0438 e. The second kappa shape index (κ2) is 20.6. The van der Waals surface area contributed by atoms with Gasteiger partial charge in [0.15, 0.2) is 0 Å². The quantitative estimate of drug-likeness (QED) is 0.0955. The predicted molar refractivity (Wildman–Crippen MR) is 240 cm³/mol. The fraction of sp³-hybridized carbons (Fsp3) is 0.615. The molecule has 0 amide bonds. The topological polar surface area (TPSA) is 0 Å². The van der Waals surface area contributed by atoms with Crippen LogP contribution in [0.25, 0.3) is 0 Å². The van der Waals surface area contributed by atoms with Crippen molar-refractivity contribution in [2.45, 2.75) is 178 Å². The van der Waals surface area contributed by atoms with Crippen molar-refractivity contribution in [3.8, 4) is 0 Å². The van der Waals surface area contributed by atoms with E-state index in [4.69, 9.17) is 11.6 Å². The van der Waals surface area contributed by atoms with Crippen LogP contribution in [0.3, 0.4) is 0 Å². The highest BCUT2D eigenvalue weighted by atomic mass is 35.5. The first-order valence-electron chi connectivity index (χ1n) is 21.2. The molecule has 0 aliphatic heterocycles. The lowest BCUT2D eigenvalue weighted by molar-refractivity contribution is 0.107. The second-order valence-electron chi connectivity index (χ2n) is 19.5. The second-order valence-corrected chi connectivity index (χ2v) is 20.5. The SMILES string of the molecule is C=C(CC)C(C)(CC(C)C(CC(CCc1ccc(CC)cc1)c1ccc(CCC)cc1)c1ccc(CC(C)C)cc1)C(C)(C)C.CC(C)(C)C(C)(C)Cl. The minimum Gasteiger partial charge on any atom is -0.119 e. The third-order valence-corrected chi connectivity index (χ3v) is 13.4. The van der Waals surface area contributed by atoms with Gasteiger partial charge in [-0.25, -0.2) is 0 Å². The van der Waals surface area contributed by atoms with Crippen LogP contribution in [0.1, 0.15) is 181 Å². The lowest BCUT2D eigenvalue weighted by Crippen LogP contribution is -2.37. The molecule has 4 unspecified atom stereocenters. The number of allylic oxidation sites excluding steroid dienone is 1. The predicted octanol–water partition coefficient (Wildman–Crippen LogP) is 16.4. The van der Waals surface area contributed by atoms with Gasteiger partial charge in [0, 0.05) is 4.87 Å². The van der Waals surface area contributed by atoms with Gasteiger partial charge in [-0.1, -0.05) is 181 Å². The molecular weight excluding hydrogens is 660 g/mol. The number of hydrogen-bond donors (Lipinski definition) is 0. The van der Waals surface area contributed by atoms with Crippen molar-refractivity contribution in [1.82, 2.24) is 0 Å². The van der Waals surface area contributed by atoms with Gasteiger partial charge in [-0.3, -0.25) is 0 Å². The molecule has 0 nitrogen and oxygen atoms in total. The molecule has 0 N–H and O–H groups in total. The van der Waals surface area contributed by atoms with Crippen molar-refractivity contribution < 1.29 is 0 Å². The summed E-state index contributed by atoms with van der Waals surface area (Å²) < 4.78 is 0. The standard InChI is InChI=1S/C45H66.C7H15Cl/c1-12-15-37-20-25-40(26-21-37)42(29-22-38-18-16-36(14-3)17-19-38)31-43(41-27-23-39(24-28-41)30-33(4)5)34(6)32-45(11,35(7)13-2)44(8,9)10;1-6(2,3)7(4,5)8/h16-21,23-28,33-34,42-43H,7,12-15,22,29-32H2,1-6,8-11H3;1-5H3. The van der Waals surface area contributed by atoms with E-state index in [-0.39, 0.29) is 21.1 Å². The summed E-state index contributed by atoms with van der Waals surface area (Å²) in [5, 5.41) is 0. The monoisotopic (exact) mass is 741 g/mol. The Morgan fingerprint density at radius 1 is 0.623 bits per heavy atom. The van der Waals surface area contributed by atoms with E-state index in [2.05, 4.69) is 169 Å². The van der Waals surface area contributed by atoms with Crippen molar-refractivity contribution in [1.29, 1.82) is 0 Å². The third-order valence-electron chi connectivity index (χ3n) is 12.9. The smallest absolute Gasteiger partial charge is 0.0438 e. The van der Waals surface area contributed by atoms with Gasteiger partial charge in [-0.15, -0.1) is 11.6 Å². The number of halogens is 1. The van der Waals surface area contributed by atoms with Crippen molar-refractivity contribution >= 4 is 11.6 Å². The zero-order chi connectivity index (χ0) is 40.2. The molecule has 0 aliphatic carbocycles. The van der Waals surface area contributed by atoms with Crippen molar-refractivity contribution in [3.63, 3.8) is 0 Å². The maximum atomic E-state index is 6.01. The lowest BCUT2D eigenvalue weighted by Gasteiger charge is -2.47. The molecule has 0 bridgehead atoms. The van der Waals surface area contributed by atoms with Crippen LogP contribution >= 0.6 is 11.6 Å². The summed E-state index contributed by atoms with van der Waals surface area (Å²) in [6.07, 6.45) is 10.2. The summed E-state index contributed by atoms with van der Waals surface area (Å²) in [6, 6.07) is 28.8. The maximum absolute atomic E-state index is 6.01. The summed E-state index contributed by atoms with van der Waals surface area (Å²) in [5.74, 6) is 2.18. The average molecular weight is 742 g/mol. The van der Waals surface area contributed by atoms with Crippen LogP contribution in [0.4, 0.5) is 0 Å². The molecule has 0 aliphatic rings. The Balaban J connectivity index is 0.00000109. The summed E-state index contributed by atoms with van der Waals surface area (Å²) >= 11 is 6.01. The number of rotatable bonds is 17. The van der Waals surface area contributed by atoms with Gasteiger partial charge in [0.05, 0.1) is 0 Å². The first kappa shape index (κ1) is 46.8. The zero-order valence-electron chi connectivity index (χ0n) is 37.2. The zero-order valence-corrected chi connectivity index (χ0v) is 37.9. The van der Waals surface area contributed by atoms with Crippen molar-refractivity contribution in [2.75, 3.05) is 0 Å². The Morgan fingerprint density at radius 3 is 1.51 bits per heavy atom. The summed E-state index contributed by atoms with van der Waals surface area (Å²) in [6.45, 7) is 38.8. The van der Waals surface area contributed by atoms with Gasteiger partial charge in [0.25, 0.3) is 0 Å². The molecule has 0 saturated heterocycles. The molecule has 1 heteroatoms. The molecule has 3 aromatic rings. The molecule has 0 spiro atoms. The van der Waals surface area contributed by atoms with Crippen molar-refractivity contribution in [3.05, 3.63) is 118 Å². The summed E-state index contributed by atoms with van der Waals surface area (Å²) in [5.41, 5.74) is 10.6. The van der Waals surface area contributed by atoms with E-state index in [1.165, 1.54) is 58.2 Å². The summed E-state index contributed by atoms with van der Waals surface area (Å²) in [4.78, 5) is -0.0903. The highest BCUT2D eigenvalue weighted by molar-refractivity contribution is 6.23. The van der Waals surface area contributed by atoms with Crippen molar-refractivity contribution in [2.24, 2.45) is 28.1 Å². The molecule has 53 heavy (non-hydrogen) atoms. The van der Waals surface area contributed by atoms with Crippen LogP contribution in [0.15, 0.2) is 84.9 Å². The Morgan fingerprint density at radius 2 is 1.08 bits per heavy atom. The number of benzene rings is 3. The van der Waals surface area contributed by atoms with Crippen LogP contribution < -0.4 is 0 Å². The van der Waals surface area contributed by atoms with Gasteiger partial charge >= 0.3 is 0 Å². The Labute approximate surface area is 335 Å². The van der Waals surface area contributed by atoms with Crippen LogP contribution in [0.2, 0.25) is 0 Å². The molecule has 0 radical (unpaired) electrons. The van der Waals surface area contributed by atoms with Gasteiger partial charge in [-0.2, -0.15) is 0 Å². The van der Waals surface area contributed by atoms with E-state index in [1.54, 1.807) is 0 Å². The lowest BCUT2D eigenvalue weighted by atomic mass is 9.58. The minimum atomic E-state index is -0.0903. The summed E-state index contributed by atoms with van der Waals surface area (Å²) in [7, 11) is 0. The molecule has 0 fully saturated rings. The van der Waals surface area contributed by atoms with E-state index >= 15 is 0 Å². The van der Waals surface area contributed by atoms with Gasteiger partial charge in [0.2, 0.25) is 0 Å². The van der Waals surface area contributed by atoms with E-state index in [9.17, 15) is 0 Å². The average Bonchev–Trinajstić information content (AvgIpc) is 3.08. The molecule has 296 valence electrons. The number of alkyl halides is 1. The molecule has 3 rings (SSSR count). The molecule has 4 atom stereocenters. The molecular formula is C52H81Cl. The fourth-order valence-corrected chi connectivity index (χ4v) is 7.48. The highest BCUT2D eigenvalue weighted by Crippen LogP contribution is 2.52. The van der Waals surface area contributed by atoms with Crippen LogP contribution in [0.5, 0.6) is 0 Å². The van der Waals surface area contributed by atoms with E-state index in [0.717, 1.165) is 38.5 Å². The normalized spacial score (nSPS) is 15.3. The molecule has 0 saturated carbocycles. The first-order valence-corrected chi connectivity index (χ1v) is 21.6. The minimum absolute atomic E-state index is 0.0787. The van der Waals surface area contributed by atoms with Crippen LogP contribution in [-0.2, 0) is 25.7 Å². The Kier molecular flexibility index (Phi) is 18.2. The van der Waals surface area contributed by atoms with Gasteiger partial charge in [-0.05, 0) is 139 Å². The van der Waals surface area contributed by atoms with Crippen LogP contribution in [-0.4, -0.2) is 4.87 Å². The third kappa shape index (κ3) is 14.4. The van der Waals surface area contributed by atoms with Crippen LogP contribution in [0, 0.1) is 28.1 Å². The Hall–Kier alpha value is -2.31. The first-order chi connectivity index (χ1) is 24.6. The fourth-order valence-electron chi connectivity index (χ4n) is 7.48. The van der Waals surface area contributed by atoms with E-state index in [0.29, 0.717) is 23.7 Å². The Bertz CT molecular complexity index is 1460. The van der Waals surface area contributed by atoms with E-state index < -0.39 is 0 Å². The highest BCUT2D eigenvalue weighted by Gasteiger charge is 2.41. The van der Waals surface area contributed by atoms with Gasteiger partial charge < -0.3 is 0 Å². The molecule has 0 aromatic heterocycles. The number of hydrogen-bond acceptors (Lipinski definition) is 0. The van der Waals surface area contributed by atoms with Gasteiger partial charge in [0.1, 0.15) is 0 Å². The molecule has 0 heterocycles. The molecule has 3 aromatic carbocycles.